The van der Waals surface area contributed by atoms with E-state index in [2.05, 4.69) is 10.5 Å². The Balaban J connectivity index is 2.15. The molecule has 2 aromatic carbocycles. The van der Waals surface area contributed by atoms with Gasteiger partial charge >= 0.3 is 0 Å². The number of hydrogen-bond donors (Lipinski definition) is 2. The van der Waals surface area contributed by atoms with Crippen molar-refractivity contribution < 1.29 is 9.84 Å². The predicted octanol–water partition coefficient (Wildman–Crippen LogP) is 5.20. The van der Waals surface area contributed by atoms with E-state index >= 15 is 0 Å². The van der Waals surface area contributed by atoms with Crippen LogP contribution in [0.15, 0.2) is 35.4 Å². The molecule has 0 spiro atoms. The van der Waals surface area contributed by atoms with Crippen LogP contribution in [0.4, 0.5) is 5.69 Å². The van der Waals surface area contributed by atoms with Gasteiger partial charge in [-0.15, -0.1) is 0 Å². The molecule has 2 rings (SSSR count). The first-order valence-electron chi connectivity index (χ1n) is 6.40. The van der Waals surface area contributed by atoms with Crippen LogP contribution >= 0.6 is 34.8 Å². The minimum atomic E-state index is 0.0794. The molecule has 0 bridgehead atoms. The number of hydrogen-bond acceptors (Lipinski definition) is 4. The van der Waals surface area contributed by atoms with Gasteiger partial charge in [0.1, 0.15) is 0 Å². The smallest absolute Gasteiger partial charge is 0.161 e. The van der Waals surface area contributed by atoms with Crippen LogP contribution in [0.2, 0.25) is 15.1 Å². The van der Waals surface area contributed by atoms with E-state index in [-0.39, 0.29) is 5.75 Å². The topological polar surface area (TPSA) is 53.8 Å². The number of rotatable bonds is 5. The molecule has 7 heteroatoms. The first-order chi connectivity index (χ1) is 10.5. The maximum Gasteiger partial charge on any atom is 0.161 e. The molecule has 0 aliphatic carbocycles. The summed E-state index contributed by atoms with van der Waals surface area (Å²) in [6, 6.07) is 8.05. The highest BCUT2D eigenvalue weighted by Crippen LogP contribution is 2.33. The molecule has 0 aromatic heterocycles. The molecule has 4 nitrogen and oxygen atoms in total. The van der Waals surface area contributed by atoms with E-state index in [9.17, 15) is 5.11 Å². The molecular formula is C15H13Cl3N2O2. The van der Waals surface area contributed by atoms with Gasteiger partial charge in [-0.2, -0.15) is 5.10 Å². The van der Waals surface area contributed by atoms with Crippen LogP contribution in [0.25, 0.3) is 0 Å². The molecule has 22 heavy (non-hydrogen) atoms. The van der Waals surface area contributed by atoms with Crippen molar-refractivity contribution in [2.24, 2.45) is 5.10 Å². The van der Waals surface area contributed by atoms with Crippen molar-refractivity contribution in [2.45, 2.75) is 6.92 Å². The minimum absolute atomic E-state index is 0.0794. The minimum Gasteiger partial charge on any atom is -0.504 e. The highest BCUT2D eigenvalue weighted by atomic mass is 35.5. The van der Waals surface area contributed by atoms with Gasteiger partial charge in [0.05, 0.1) is 28.6 Å². The molecule has 0 amide bonds. The number of benzene rings is 2. The zero-order chi connectivity index (χ0) is 16.1. The highest BCUT2D eigenvalue weighted by molar-refractivity contribution is 6.41. The third-order valence-electron chi connectivity index (χ3n) is 2.68. The lowest BCUT2D eigenvalue weighted by molar-refractivity contribution is 0.318. The quantitative estimate of drug-likeness (QED) is 0.570. The number of hydrazone groups is 1. The number of phenolic OH excluding ortho intramolecular Hbond substituents is 1. The van der Waals surface area contributed by atoms with Crippen molar-refractivity contribution in [3.8, 4) is 11.5 Å². The zero-order valence-corrected chi connectivity index (χ0v) is 13.9. The summed E-state index contributed by atoms with van der Waals surface area (Å²) < 4.78 is 5.30. The van der Waals surface area contributed by atoms with Gasteiger partial charge in [0.25, 0.3) is 0 Å². The Bertz CT molecular complexity index is 682. The number of nitrogens with one attached hydrogen (secondary N) is 1. The Kier molecular flexibility index (Phi) is 5.77. The van der Waals surface area contributed by atoms with Crippen molar-refractivity contribution in [2.75, 3.05) is 12.0 Å². The van der Waals surface area contributed by atoms with E-state index in [0.29, 0.717) is 33.1 Å². The zero-order valence-electron chi connectivity index (χ0n) is 11.6. The molecular weight excluding hydrogens is 347 g/mol. The fourth-order valence-electron chi connectivity index (χ4n) is 1.70. The maximum absolute atomic E-state index is 9.64. The Morgan fingerprint density at radius 1 is 1.18 bits per heavy atom. The van der Waals surface area contributed by atoms with Crippen molar-refractivity contribution >= 4 is 46.7 Å². The van der Waals surface area contributed by atoms with Gasteiger partial charge in [-0.25, -0.2) is 0 Å². The van der Waals surface area contributed by atoms with E-state index in [1.807, 2.05) is 6.92 Å². The summed E-state index contributed by atoms with van der Waals surface area (Å²) in [5.41, 5.74) is 3.98. The molecule has 0 saturated carbocycles. The van der Waals surface area contributed by atoms with Crippen LogP contribution in [0, 0.1) is 0 Å². The van der Waals surface area contributed by atoms with Crippen molar-refractivity contribution in [3.05, 3.63) is 51.0 Å². The lowest BCUT2D eigenvalue weighted by atomic mass is 10.2. The lowest BCUT2D eigenvalue weighted by Gasteiger charge is -2.07. The SMILES string of the molecule is CCOc1cc(/C=N/Nc2c(Cl)cc(Cl)cc2Cl)ccc1O. The number of anilines is 1. The van der Waals surface area contributed by atoms with Crippen LogP contribution in [0.3, 0.4) is 0 Å². The summed E-state index contributed by atoms with van der Waals surface area (Å²) in [6.45, 7) is 2.30. The van der Waals surface area contributed by atoms with E-state index < -0.39 is 0 Å². The van der Waals surface area contributed by atoms with E-state index in [0.717, 1.165) is 5.56 Å². The molecule has 0 aliphatic heterocycles. The number of aromatic hydroxyl groups is 1. The lowest BCUT2D eigenvalue weighted by Crippen LogP contribution is -1.95. The van der Waals surface area contributed by atoms with Gasteiger partial charge in [-0.1, -0.05) is 34.8 Å². The van der Waals surface area contributed by atoms with Gasteiger partial charge in [-0.3, -0.25) is 5.43 Å². The molecule has 2 N–H and O–H groups in total. The second kappa shape index (κ2) is 7.58. The average molecular weight is 360 g/mol. The fourth-order valence-corrected chi connectivity index (χ4v) is 2.60. The maximum atomic E-state index is 9.64. The van der Waals surface area contributed by atoms with Crippen LogP contribution in [-0.2, 0) is 0 Å². The second-order valence-corrected chi connectivity index (χ2v) is 5.53. The van der Waals surface area contributed by atoms with Crippen molar-refractivity contribution in [3.63, 3.8) is 0 Å². The highest BCUT2D eigenvalue weighted by Gasteiger charge is 2.07. The fraction of sp³-hybridized carbons (Fsp3) is 0.133. The Morgan fingerprint density at radius 2 is 1.86 bits per heavy atom. The van der Waals surface area contributed by atoms with E-state index in [4.69, 9.17) is 39.5 Å². The number of halogens is 3. The van der Waals surface area contributed by atoms with Crippen LogP contribution in [0.1, 0.15) is 12.5 Å². The van der Waals surface area contributed by atoms with Crippen molar-refractivity contribution in [1.29, 1.82) is 0 Å². The molecule has 0 aliphatic rings. The summed E-state index contributed by atoms with van der Waals surface area (Å²) in [5, 5.41) is 14.9. The largest absolute Gasteiger partial charge is 0.504 e. The monoisotopic (exact) mass is 358 g/mol. The summed E-state index contributed by atoms with van der Waals surface area (Å²) in [5.74, 6) is 0.477. The molecule has 0 unspecified atom stereocenters. The van der Waals surface area contributed by atoms with Crippen molar-refractivity contribution in [1.82, 2.24) is 0 Å². The third-order valence-corrected chi connectivity index (χ3v) is 3.49. The standard InChI is InChI=1S/C15H13Cl3N2O2/c1-2-22-14-5-9(3-4-13(14)21)8-19-20-15-11(17)6-10(16)7-12(15)18/h3-8,20-21H,2H2,1H3/b19-8+. The Hall–Kier alpha value is -1.62. The third kappa shape index (κ3) is 4.19. The molecule has 0 saturated heterocycles. The molecule has 2 aromatic rings. The van der Waals surface area contributed by atoms with Crippen LogP contribution < -0.4 is 10.2 Å². The molecule has 0 atom stereocenters. The van der Waals surface area contributed by atoms with E-state index in [1.54, 1.807) is 30.5 Å². The summed E-state index contributed by atoms with van der Waals surface area (Å²) in [7, 11) is 0. The molecule has 0 radical (unpaired) electrons. The Morgan fingerprint density at radius 3 is 2.50 bits per heavy atom. The normalized spacial score (nSPS) is 10.9. The van der Waals surface area contributed by atoms with Gasteiger partial charge in [-0.05, 0) is 42.8 Å². The average Bonchev–Trinajstić information content (AvgIpc) is 2.45. The van der Waals surface area contributed by atoms with Crippen LogP contribution in [-0.4, -0.2) is 17.9 Å². The predicted molar refractivity (Wildman–Crippen MR) is 92.0 cm³/mol. The van der Waals surface area contributed by atoms with Gasteiger partial charge < -0.3 is 9.84 Å². The van der Waals surface area contributed by atoms with Gasteiger partial charge in [0.15, 0.2) is 11.5 Å². The summed E-state index contributed by atoms with van der Waals surface area (Å²) >= 11 is 17.9. The van der Waals surface area contributed by atoms with E-state index in [1.165, 1.54) is 6.07 Å². The Labute approximate surface area is 143 Å². The number of phenols is 1. The number of ether oxygens (including phenoxy) is 1. The van der Waals surface area contributed by atoms with Gasteiger partial charge in [0.2, 0.25) is 0 Å². The first kappa shape index (κ1) is 16.7. The summed E-state index contributed by atoms with van der Waals surface area (Å²) in [6.07, 6.45) is 1.56. The van der Waals surface area contributed by atoms with Gasteiger partial charge in [0, 0.05) is 5.02 Å². The second-order valence-electron chi connectivity index (χ2n) is 4.27. The summed E-state index contributed by atoms with van der Waals surface area (Å²) in [4.78, 5) is 0. The molecule has 0 heterocycles. The number of nitrogens with zero attached hydrogens (tertiary/aromatic N) is 1. The first-order valence-corrected chi connectivity index (χ1v) is 7.54. The molecule has 0 fully saturated rings. The van der Waals surface area contributed by atoms with Crippen LogP contribution in [0.5, 0.6) is 11.5 Å². The molecule has 116 valence electrons.